The summed E-state index contributed by atoms with van der Waals surface area (Å²) in [6, 6.07) is 8.61. The van der Waals surface area contributed by atoms with E-state index in [2.05, 4.69) is 5.32 Å². The van der Waals surface area contributed by atoms with Gasteiger partial charge >= 0.3 is 0 Å². The molecule has 4 nitrogen and oxygen atoms in total. The molecule has 0 bridgehead atoms. The van der Waals surface area contributed by atoms with E-state index in [9.17, 15) is 4.79 Å². The van der Waals surface area contributed by atoms with Gasteiger partial charge in [-0.25, -0.2) is 0 Å². The summed E-state index contributed by atoms with van der Waals surface area (Å²) in [4.78, 5) is 11.7. The molecule has 0 aliphatic carbocycles. The van der Waals surface area contributed by atoms with Crippen molar-refractivity contribution in [2.45, 2.75) is 19.3 Å². The van der Waals surface area contributed by atoms with Crippen molar-refractivity contribution in [2.24, 2.45) is 0 Å². The minimum absolute atomic E-state index is 0.161. The third-order valence-corrected chi connectivity index (χ3v) is 2.37. The molecule has 0 saturated carbocycles. The van der Waals surface area contributed by atoms with Crippen LogP contribution >= 0.6 is 0 Å². The molecule has 0 aromatic heterocycles. The van der Waals surface area contributed by atoms with Crippen molar-refractivity contribution in [3.8, 4) is 6.07 Å². The average molecular weight is 232 g/mol. The summed E-state index contributed by atoms with van der Waals surface area (Å²) in [6.45, 7) is 0.785. The Bertz CT molecular complexity index is 410. The van der Waals surface area contributed by atoms with E-state index in [0.717, 1.165) is 19.3 Å². The van der Waals surface area contributed by atoms with Crippen molar-refractivity contribution in [2.75, 3.05) is 13.2 Å². The highest BCUT2D eigenvalue weighted by molar-refractivity contribution is 5.94. The lowest BCUT2D eigenvalue weighted by molar-refractivity contribution is 0.0953. The number of nitrogens with zero attached hydrogens (tertiary/aromatic N) is 1. The Labute approximate surface area is 101 Å². The Hall–Kier alpha value is -1.86. The molecule has 0 saturated heterocycles. The van der Waals surface area contributed by atoms with E-state index in [-0.39, 0.29) is 12.5 Å². The predicted molar refractivity (Wildman–Crippen MR) is 64.4 cm³/mol. The highest BCUT2D eigenvalue weighted by Gasteiger charge is 2.04. The lowest BCUT2D eigenvalue weighted by Gasteiger charge is -2.04. The van der Waals surface area contributed by atoms with Gasteiger partial charge in [0.05, 0.1) is 11.6 Å². The third-order valence-electron chi connectivity index (χ3n) is 2.37. The quantitative estimate of drug-likeness (QED) is 0.729. The zero-order valence-electron chi connectivity index (χ0n) is 9.65. The average Bonchev–Trinajstić information content (AvgIpc) is 2.38. The van der Waals surface area contributed by atoms with Crippen LogP contribution in [0.15, 0.2) is 24.3 Å². The van der Waals surface area contributed by atoms with E-state index in [1.807, 2.05) is 6.07 Å². The van der Waals surface area contributed by atoms with Gasteiger partial charge in [0.15, 0.2) is 0 Å². The molecule has 1 aromatic carbocycles. The van der Waals surface area contributed by atoms with E-state index >= 15 is 0 Å². The number of amides is 1. The summed E-state index contributed by atoms with van der Waals surface area (Å²) < 4.78 is 0. The van der Waals surface area contributed by atoms with Crippen LogP contribution in [0.5, 0.6) is 0 Å². The van der Waals surface area contributed by atoms with Gasteiger partial charge in [-0.3, -0.25) is 4.79 Å². The molecule has 17 heavy (non-hydrogen) atoms. The highest BCUT2D eigenvalue weighted by atomic mass is 16.2. The van der Waals surface area contributed by atoms with E-state index in [0.29, 0.717) is 17.7 Å². The number of carbonyl (C=O) groups is 1. The van der Waals surface area contributed by atoms with Gasteiger partial charge in [-0.2, -0.15) is 5.26 Å². The van der Waals surface area contributed by atoms with Gasteiger partial charge in [0.1, 0.15) is 0 Å². The Kier molecular flexibility index (Phi) is 5.76. The third kappa shape index (κ3) is 4.66. The van der Waals surface area contributed by atoms with Gasteiger partial charge in [0, 0.05) is 18.7 Å². The number of nitrogens with one attached hydrogen (secondary N) is 1. The summed E-state index contributed by atoms with van der Waals surface area (Å²) in [5, 5.41) is 20.1. The number of hydrogen-bond donors (Lipinski definition) is 2. The lowest BCUT2D eigenvalue weighted by Crippen LogP contribution is -2.24. The van der Waals surface area contributed by atoms with Gasteiger partial charge in [0.2, 0.25) is 0 Å². The minimum atomic E-state index is -0.161. The van der Waals surface area contributed by atoms with Crippen LogP contribution in [0, 0.1) is 11.3 Å². The Morgan fingerprint density at radius 2 is 2.18 bits per heavy atom. The molecular weight excluding hydrogens is 216 g/mol. The van der Waals surface area contributed by atoms with Crippen molar-refractivity contribution >= 4 is 5.91 Å². The van der Waals surface area contributed by atoms with E-state index < -0.39 is 0 Å². The van der Waals surface area contributed by atoms with E-state index in [1.54, 1.807) is 24.3 Å². The van der Waals surface area contributed by atoms with Crippen LogP contribution in [0.2, 0.25) is 0 Å². The number of aliphatic hydroxyl groups is 1. The van der Waals surface area contributed by atoms with Crippen LogP contribution < -0.4 is 5.32 Å². The molecule has 0 heterocycles. The number of hydrogen-bond acceptors (Lipinski definition) is 3. The first-order valence-corrected chi connectivity index (χ1v) is 5.67. The number of nitriles is 1. The number of unbranched alkanes of at least 4 members (excludes halogenated alkanes) is 2. The molecule has 4 heteroatoms. The van der Waals surface area contributed by atoms with Crippen molar-refractivity contribution in [3.05, 3.63) is 35.4 Å². The smallest absolute Gasteiger partial charge is 0.251 e. The zero-order chi connectivity index (χ0) is 12.5. The molecule has 0 unspecified atom stereocenters. The Morgan fingerprint density at radius 3 is 2.88 bits per heavy atom. The molecule has 1 aromatic rings. The molecule has 1 amide bonds. The van der Waals surface area contributed by atoms with Crippen LogP contribution in [0.25, 0.3) is 0 Å². The molecule has 2 N–H and O–H groups in total. The molecule has 0 atom stereocenters. The Morgan fingerprint density at radius 1 is 1.35 bits per heavy atom. The van der Waals surface area contributed by atoms with Gasteiger partial charge in [0.25, 0.3) is 5.91 Å². The number of benzene rings is 1. The maximum atomic E-state index is 11.7. The number of rotatable bonds is 6. The van der Waals surface area contributed by atoms with E-state index in [4.69, 9.17) is 10.4 Å². The van der Waals surface area contributed by atoms with Crippen LogP contribution in [0.3, 0.4) is 0 Å². The van der Waals surface area contributed by atoms with Gasteiger partial charge in [-0.1, -0.05) is 6.07 Å². The molecular formula is C13H16N2O2. The first kappa shape index (κ1) is 13.2. The molecule has 1 rings (SSSR count). The Balaban J connectivity index is 2.39. The summed E-state index contributed by atoms with van der Waals surface area (Å²) in [7, 11) is 0. The summed E-state index contributed by atoms with van der Waals surface area (Å²) >= 11 is 0. The molecule has 0 fully saturated rings. The van der Waals surface area contributed by atoms with Gasteiger partial charge in [-0.15, -0.1) is 0 Å². The lowest BCUT2D eigenvalue weighted by atomic mass is 10.1. The predicted octanol–water partition coefficient (Wildman–Crippen LogP) is 1.45. The monoisotopic (exact) mass is 232 g/mol. The molecule has 0 aliphatic rings. The standard InChI is InChI=1S/C13H16N2O2/c14-10-11-5-4-6-12(9-11)13(17)15-7-2-1-3-8-16/h4-6,9,16H,1-3,7-8H2,(H,15,17). The van der Waals surface area contributed by atoms with Crippen molar-refractivity contribution < 1.29 is 9.90 Å². The zero-order valence-corrected chi connectivity index (χ0v) is 9.65. The molecule has 0 radical (unpaired) electrons. The maximum Gasteiger partial charge on any atom is 0.251 e. The number of carbonyl (C=O) groups excluding carboxylic acids is 1. The second-order valence-electron chi connectivity index (χ2n) is 3.73. The fraction of sp³-hybridized carbons (Fsp3) is 0.385. The van der Waals surface area contributed by atoms with Gasteiger partial charge in [-0.05, 0) is 37.5 Å². The summed E-state index contributed by atoms with van der Waals surface area (Å²) in [6.07, 6.45) is 2.51. The van der Waals surface area contributed by atoms with E-state index in [1.165, 1.54) is 0 Å². The first-order valence-electron chi connectivity index (χ1n) is 5.67. The van der Waals surface area contributed by atoms with Gasteiger partial charge < -0.3 is 10.4 Å². The number of aliphatic hydroxyl groups excluding tert-OH is 1. The van der Waals surface area contributed by atoms with Crippen LogP contribution in [-0.2, 0) is 0 Å². The van der Waals surface area contributed by atoms with Crippen LogP contribution in [-0.4, -0.2) is 24.2 Å². The second-order valence-corrected chi connectivity index (χ2v) is 3.73. The van der Waals surface area contributed by atoms with Crippen LogP contribution in [0.4, 0.5) is 0 Å². The molecule has 0 aliphatic heterocycles. The molecule has 0 spiro atoms. The fourth-order valence-corrected chi connectivity index (χ4v) is 1.45. The largest absolute Gasteiger partial charge is 0.396 e. The topological polar surface area (TPSA) is 73.1 Å². The first-order chi connectivity index (χ1) is 8.27. The van der Waals surface area contributed by atoms with Crippen molar-refractivity contribution in [1.29, 1.82) is 5.26 Å². The molecule has 90 valence electrons. The SMILES string of the molecule is N#Cc1cccc(C(=O)NCCCCCO)c1. The fourth-order valence-electron chi connectivity index (χ4n) is 1.45. The second kappa shape index (κ2) is 7.42. The normalized spacial score (nSPS) is 9.65. The maximum absolute atomic E-state index is 11.7. The summed E-state index contributed by atoms with van der Waals surface area (Å²) in [5.41, 5.74) is 0.990. The highest BCUT2D eigenvalue weighted by Crippen LogP contribution is 2.04. The van der Waals surface area contributed by atoms with Crippen molar-refractivity contribution in [1.82, 2.24) is 5.32 Å². The van der Waals surface area contributed by atoms with Crippen molar-refractivity contribution in [3.63, 3.8) is 0 Å². The summed E-state index contributed by atoms with van der Waals surface area (Å²) in [5.74, 6) is -0.161. The van der Waals surface area contributed by atoms with Crippen LogP contribution in [0.1, 0.15) is 35.2 Å². The minimum Gasteiger partial charge on any atom is -0.396 e.